The summed E-state index contributed by atoms with van der Waals surface area (Å²) in [6.45, 7) is 0.340. The van der Waals surface area contributed by atoms with E-state index in [2.05, 4.69) is 26.3 Å². The van der Waals surface area contributed by atoms with E-state index < -0.39 is 12.2 Å². The standard InChI is InChI=1S/C28H32ClN7O4/c1-30-17-8-9-18-22(14-17)32-25(37)6-4-3-5-21(26-31-15-23(18)33-26)34-27(38)36(2)12-11-24-19-13-16(29)7-10-20(19)35-28(39)40-24/h7-10,13-15,21,24,30H,3-6,11-12H2,1-2H3,(H,31,33)(H,32,37)(H,34,38)(H,35,39). The van der Waals surface area contributed by atoms with Gasteiger partial charge in [0, 0.05) is 61.5 Å². The lowest BCUT2D eigenvalue weighted by molar-refractivity contribution is -0.116. The molecule has 0 saturated heterocycles. The molecule has 0 aliphatic carbocycles. The van der Waals surface area contributed by atoms with Crippen molar-refractivity contribution in [3.8, 4) is 11.3 Å². The molecule has 210 valence electrons. The normalized spacial score (nSPS) is 18.5. The predicted octanol–water partition coefficient (Wildman–Crippen LogP) is 5.66. The van der Waals surface area contributed by atoms with Gasteiger partial charge in [-0.1, -0.05) is 18.0 Å². The number of hydrogen-bond acceptors (Lipinski definition) is 6. The Morgan fingerprint density at radius 3 is 2.83 bits per heavy atom. The maximum absolute atomic E-state index is 13.2. The lowest BCUT2D eigenvalue weighted by atomic mass is 10.0. The van der Waals surface area contributed by atoms with E-state index in [1.165, 1.54) is 0 Å². The Balaban J connectivity index is 1.29. The molecule has 40 heavy (non-hydrogen) atoms. The summed E-state index contributed by atoms with van der Waals surface area (Å²) in [6, 6.07) is 10.3. The summed E-state index contributed by atoms with van der Waals surface area (Å²) in [7, 11) is 3.52. The molecule has 3 heterocycles. The van der Waals surface area contributed by atoms with E-state index in [1.54, 1.807) is 36.3 Å². The average Bonchev–Trinajstić information content (AvgIpc) is 3.42. The highest BCUT2D eigenvalue weighted by atomic mass is 35.5. The number of hydrogen-bond donors (Lipinski definition) is 5. The van der Waals surface area contributed by atoms with Gasteiger partial charge >= 0.3 is 12.1 Å². The molecule has 2 aliphatic heterocycles. The number of amides is 4. The molecule has 2 bridgehead atoms. The molecular formula is C28H32ClN7O4. The first kappa shape index (κ1) is 27.3. The molecule has 4 amide bonds. The molecule has 2 aliphatic rings. The fraction of sp³-hybridized carbons (Fsp3) is 0.357. The molecule has 0 spiro atoms. The van der Waals surface area contributed by atoms with Crippen molar-refractivity contribution < 1.29 is 19.1 Å². The van der Waals surface area contributed by atoms with E-state index in [-0.39, 0.29) is 18.0 Å². The largest absolute Gasteiger partial charge is 0.441 e. The third kappa shape index (κ3) is 6.15. The Morgan fingerprint density at radius 2 is 2.00 bits per heavy atom. The van der Waals surface area contributed by atoms with Crippen LogP contribution in [0.2, 0.25) is 5.02 Å². The summed E-state index contributed by atoms with van der Waals surface area (Å²) in [5.41, 5.74) is 4.44. The number of aromatic amines is 1. The Morgan fingerprint density at radius 1 is 1.15 bits per heavy atom. The lowest BCUT2D eigenvalue weighted by Gasteiger charge is -2.28. The lowest BCUT2D eigenvalue weighted by Crippen LogP contribution is -2.41. The maximum Gasteiger partial charge on any atom is 0.412 e. The number of ether oxygens (including phenoxy) is 1. The minimum Gasteiger partial charge on any atom is -0.441 e. The molecule has 0 fully saturated rings. The molecule has 0 radical (unpaired) electrons. The van der Waals surface area contributed by atoms with Gasteiger partial charge in [-0.2, -0.15) is 0 Å². The van der Waals surface area contributed by atoms with Crippen LogP contribution in [-0.4, -0.2) is 53.5 Å². The summed E-state index contributed by atoms with van der Waals surface area (Å²) >= 11 is 6.16. The second-order valence-electron chi connectivity index (χ2n) is 9.94. The monoisotopic (exact) mass is 565 g/mol. The van der Waals surface area contributed by atoms with Crippen molar-refractivity contribution in [2.75, 3.05) is 36.6 Å². The first-order chi connectivity index (χ1) is 19.3. The number of benzene rings is 2. The van der Waals surface area contributed by atoms with E-state index >= 15 is 0 Å². The van der Waals surface area contributed by atoms with Gasteiger partial charge in [0.2, 0.25) is 5.91 Å². The average molecular weight is 566 g/mol. The number of anilines is 3. The first-order valence-electron chi connectivity index (χ1n) is 13.3. The Hall–Kier alpha value is -4.25. The Kier molecular flexibility index (Phi) is 8.11. The molecule has 1 aromatic heterocycles. The van der Waals surface area contributed by atoms with Crippen LogP contribution in [0.1, 0.15) is 55.6 Å². The number of carbonyl (C=O) groups excluding carboxylic acids is 3. The molecule has 2 unspecified atom stereocenters. The van der Waals surface area contributed by atoms with Crippen LogP contribution >= 0.6 is 11.6 Å². The zero-order valence-electron chi connectivity index (χ0n) is 22.3. The zero-order chi connectivity index (χ0) is 28.2. The summed E-state index contributed by atoms with van der Waals surface area (Å²) in [5.74, 6) is 0.579. The van der Waals surface area contributed by atoms with Gasteiger partial charge in [0.15, 0.2) is 0 Å². The van der Waals surface area contributed by atoms with Gasteiger partial charge in [-0.25, -0.2) is 14.6 Å². The number of imidazole rings is 1. The van der Waals surface area contributed by atoms with Crippen LogP contribution in [0.25, 0.3) is 11.3 Å². The van der Waals surface area contributed by atoms with Crippen molar-refractivity contribution in [2.24, 2.45) is 0 Å². The van der Waals surface area contributed by atoms with Crippen molar-refractivity contribution in [3.63, 3.8) is 0 Å². The van der Waals surface area contributed by atoms with Crippen molar-refractivity contribution in [2.45, 2.75) is 44.2 Å². The minimum absolute atomic E-state index is 0.0624. The quantitative estimate of drug-likeness (QED) is 0.270. The fourth-order valence-corrected chi connectivity index (χ4v) is 5.12. The van der Waals surface area contributed by atoms with E-state index in [4.69, 9.17) is 21.3 Å². The van der Waals surface area contributed by atoms with Crippen molar-refractivity contribution in [3.05, 3.63) is 59.0 Å². The number of carbonyl (C=O) groups is 3. The van der Waals surface area contributed by atoms with Gasteiger partial charge < -0.3 is 30.6 Å². The van der Waals surface area contributed by atoms with Gasteiger partial charge in [-0.15, -0.1) is 0 Å². The minimum atomic E-state index is -0.536. The predicted molar refractivity (Wildman–Crippen MR) is 153 cm³/mol. The second-order valence-corrected chi connectivity index (χ2v) is 10.4. The maximum atomic E-state index is 13.2. The van der Waals surface area contributed by atoms with Crippen molar-refractivity contribution >= 4 is 46.7 Å². The number of urea groups is 1. The number of aromatic nitrogens is 2. The van der Waals surface area contributed by atoms with Crippen molar-refractivity contribution in [1.29, 1.82) is 0 Å². The Labute approximate surface area is 237 Å². The van der Waals surface area contributed by atoms with E-state index in [9.17, 15) is 14.4 Å². The molecule has 11 nitrogen and oxygen atoms in total. The van der Waals surface area contributed by atoms with E-state index in [1.807, 2.05) is 25.2 Å². The molecule has 2 atom stereocenters. The summed E-state index contributed by atoms with van der Waals surface area (Å²) in [5, 5.41) is 12.4. The van der Waals surface area contributed by atoms with Crippen LogP contribution < -0.4 is 21.3 Å². The number of nitrogens with one attached hydrogen (secondary N) is 5. The smallest absolute Gasteiger partial charge is 0.412 e. The molecule has 3 aromatic rings. The SMILES string of the molecule is CNc1ccc2c(c1)NC(=O)CCCCC(NC(=O)N(C)CCC1OC(=O)Nc3ccc(Cl)cc31)c1nc-2c[nH]1. The summed E-state index contributed by atoms with van der Waals surface area (Å²) < 4.78 is 5.48. The summed E-state index contributed by atoms with van der Waals surface area (Å²) in [4.78, 5) is 47.4. The number of H-pyrrole nitrogens is 1. The topological polar surface area (TPSA) is 140 Å². The van der Waals surface area contributed by atoms with E-state index in [0.717, 1.165) is 23.2 Å². The Bertz CT molecular complexity index is 1430. The van der Waals surface area contributed by atoms with Gasteiger partial charge in [0.25, 0.3) is 0 Å². The highest BCUT2D eigenvalue weighted by molar-refractivity contribution is 6.30. The number of nitrogens with zero attached hydrogens (tertiary/aromatic N) is 2. The van der Waals surface area contributed by atoms with Crippen LogP contribution in [0.5, 0.6) is 0 Å². The first-order valence-corrected chi connectivity index (χ1v) is 13.6. The number of cyclic esters (lactones) is 1. The highest BCUT2D eigenvalue weighted by Crippen LogP contribution is 2.35. The van der Waals surface area contributed by atoms with Crippen LogP contribution in [0.4, 0.5) is 26.7 Å². The third-order valence-electron chi connectivity index (χ3n) is 7.15. The van der Waals surface area contributed by atoms with Crippen LogP contribution in [-0.2, 0) is 9.53 Å². The number of fused-ring (bicyclic) bond motifs is 5. The molecular weight excluding hydrogens is 534 g/mol. The zero-order valence-corrected chi connectivity index (χ0v) is 23.1. The highest BCUT2D eigenvalue weighted by Gasteiger charge is 2.28. The molecule has 5 N–H and O–H groups in total. The number of rotatable bonds is 5. The number of halogens is 1. The van der Waals surface area contributed by atoms with Gasteiger partial charge in [-0.3, -0.25) is 10.1 Å². The molecule has 2 aromatic carbocycles. The van der Waals surface area contributed by atoms with E-state index in [0.29, 0.717) is 60.1 Å². The van der Waals surface area contributed by atoms with Gasteiger partial charge in [-0.05, 0) is 49.2 Å². The van der Waals surface area contributed by atoms with Crippen LogP contribution in [0.15, 0.2) is 42.6 Å². The van der Waals surface area contributed by atoms with Crippen LogP contribution in [0, 0.1) is 0 Å². The summed E-state index contributed by atoms with van der Waals surface area (Å²) in [6.07, 6.45) is 3.52. The van der Waals surface area contributed by atoms with Gasteiger partial charge in [0.05, 0.1) is 23.1 Å². The molecule has 12 heteroatoms. The van der Waals surface area contributed by atoms with Crippen molar-refractivity contribution in [1.82, 2.24) is 20.2 Å². The third-order valence-corrected chi connectivity index (χ3v) is 7.39. The fourth-order valence-electron chi connectivity index (χ4n) is 4.94. The van der Waals surface area contributed by atoms with Crippen LogP contribution in [0.3, 0.4) is 0 Å². The second kappa shape index (κ2) is 11.9. The van der Waals surface area contributed by atoms with Gasteiger partial charge in [0.1, 0.15) is 11.9 Å². The molecule has 0 saturated carbocycles. The molecule has 5 rings (SSSR count).